The average molecular weight is 275 g/mol. The van der Waals surface area contributed by atoms with Crippen LogP contribution in [0.3, 0.4) is 0 Å². The van der Waals surface area contributed by atoms with Crippen molar-refractivity contribution in [3.63, 3.8) is 0 Å². The molecule has 1 heterocycles. The summed E-state index contributed by atoms with van der Waals surface area (Å²) < 4.78 is 1.56. The first kappa shape index (κ1) is 14.0. The fourth-order valence-corrected chi connectivity index (χ4v) is 1.99. The van der Waals surface area contributed by atoms with Crippen molar-refractivity contribution in [1.82, 2.24) is 20.2 Å². The van der Waals surface area contributed by atoms with Crippen LogP contribution >= 0.6 is 0 Å². The van der Waals surface area contributed by atoms with E-state index in [1.165, 1.54) is 0 Å². The highest BCUT2D eigenvalue weighted by atomic mass is 16.4. The Kier molecular flexibility index (Phi) is 4.65. The lowest BCUT2D eigenvalue weighted by Crippen LogP contribution is -2.25. The van der Waals surface area contributed by atoms with Crippen LogP contribution in [-0.2, 0) is 4.79 Å². The summed E-state index contributed by atoms with van der Waals surface area (Å²) >= 11 is 0. The Bertz CT molecular complexity index is 555. The zero-order chi connectivity index (χ0) is 14.4. The molecule has 0 fully saturated rings. The molecule has 106 valence electrons. The van der Waals surface area contributed by atoms with Crippen LogP contribution in [0, 0.1) is 0 Å². The van der Waals surface area contributed by atoms with E-state index in [1.807, 2.05) is 37.3 Å². The van der Waals surface area contributed by atoms with Crippen molar-refractivity contribution in [1.29, 1.82) is 0 Å². The maximum Gasteiger partial charge on any atom is 0.305 e. The monoisotopic (exact) mass is 275 g/mol. The summed E-state index contributed by atoms with van der Waals surface area (Å²) in [6.45, 7) is 2.01. The lowest BCUT2D eigenvalue weighted by atomic mass is 10.1. The Morgan fingerprint density at radius 3 is 2.80 bits per heavy atom. The van der Waals surface area contributed by atoms with Crippen molar-refractivity contribution in [3.8, 4) is 5.69 Å². The number of tetrazole rings is 1. The minimum atomic E-state index is -0.838. The molecule has 0 saturated carbocycles. The van der Waals surface area contributed by atoms with Gasteiger partial charge in [0.1, 0.15) is 0 Å². The molecule has 2 N–H and O–H groups in total. The van der Waals surface area contributed by atoms with Gasteiger partial charge in [-0.1, -0.05) is 36.6 Å². The van der Waals surface area contributed by atoms with Crippen molar-refractivity contribution in [3.05, 3.63) is 30.3 Å². The molecule has 0 amide bonds. The van der Waals surface area contributed by atoms with E-state index in [-0.39, 0.29) is 12.5 Å². The number of aliphatic carboxylic acids is 1. The molecular weight excluding hydrogens is 258 g/mol. The summed E-state index contributed by atoms with van der Waals surface area (Å²) in [4.78, 5) is 10.9. The molecule has 7 heteroatoms. The van der Waals surface area contributed by atoms with E-state index in [1.54, 1.807) is 4.68 Å². The van der Waals surface area contributed by atoms with E-state index in [0.29, 0.717) is 5.95 Å². The van der Waals surface area contributed by atoms with Gasteiger partial charge in [0.2, 0.25) is 5.95 Å². The number of para-hydroxylation sites is 1. The van der Waals surface area contributed by atoms with Gasteiger partial charge in [-0.05, 0) is 29.0 Å². The number of rotatable bonds is 7. The number of nitrogens with one attached hydrogen (secondary N) is 1. The van der Waals surface area contributed by atoms with Crippen molar-refractivity contribution >= 4 is 11.9 Å². The van der Waals surface area contributed by atoms with Crippen LogP contribution in [0.2, 0.25) is 0 Å². The lowest BCUT2D eigenvalue weighted by Gasteiger charge is -2.16. The molecule has 0 aliphatic heterocycles. The highest BCUT2D eigenvalue weighted by molar-refractivity contribution is 5.68. The summed E-state index contributed by atoms with van der Waals surface area (Å²) in [5, 5.41) is 23.5. The van der Waals surface area contributed by atoms with Crippen LogP contribution in [0.5, 0.6) is 0 Å². The molecule has 2 rings (SSSR count). The Balaban J connectivity index is 2.17. The van der Waals surface area contributed by atoms with E-state index < -0.39 is 5.97 Å². The van der Waals surface area contributed by atoms with Gasteiger partial charge >= 0.3 is 5.97 Å². The molecule has 0 saturated heterocycles. The fraction of sp³-hybridized carbons (Fsp3) is 0.385. The number of nitrogens with zero attached hydrogens (tertiary/aromatic N) is 4. The highest BCUT2D eigenvalue weighted by Gasteiger charge is 2.16. The molecule has 1 unspecified atom stereocenters. The predicted molar refractivity (Wildman–Crippen MR) is 73.7 cm³/mol. The quantitative estimate of drug-likeness (QED) is 0.799. The van der Waals surface area contributed by atoms with Crippen molar-refractivity contribution in [2.75, 3.05) is 5.32 Å². The standard InChI is InChI=1S/C13H17N5O2/c1-2-6-10(9-12(19)20)14-13-15-16-17-18(13)11-7-4-3-5-8-11/h3-5,7-8,10H,2,6,9H2,1H3,(H,19,20)(H,14,15,17). The number of hydrogen-bond donors (Lipinski definition) is 2. The van der Waals surface area contributed by atoms with Gasteiger partial charge in [0, 0.05) is 6.04 Å². The minimum Gasteiger partial charge on any atom is -0.481 e. The number of hydrogen-bond acceptors (Lipinski definition) is 5. The number of aromatic nitrogens is 4. The van der Waals surface area contributed by atoms with Gasteiger partial charge in [-0.25, -0.2) is 0 Å². The Morgan fingerprint density at radius 2 is 2.15 bits per heavy atom. The minimum absolute atomic E-state index is 0.0372. The molecule has 0 spiro atoms. The molecule has 0 bridgehead atoms. The lowest BCUT2D eigenvalue weighted by molar-refractivity contribution is -0.137. The van der Waals surface area contributed by atoms with E-state index in [9.17, 15) is 4.79 Å². The SMILES string of the molecule is CCCC(CC(=O)O)Nc1nnnn1-c1ccccc1. The third-order valence-corrected chi connectivity index (χ3v) is 2.86. The summed E-state index contributed by atoms with van der Waals surface area (Å²) in [6.07, 6.45) is 1.67. The second-order valence-electron chi connectivity index (χ2n) is 4.48. The number of benzene rings is 1. The first-order valence-electron chi connectivity index (χ1n) is 6.53. The summed E-state index contributed by atoms with van der Waals surface area (Å²) in [7, 11) is 0. The van der Waals surface area contributed by atoms with E-state index in [4.69, 9.17) is 5.11 Å². The Morgan fingerprint density at radius 1 is 1.40 bits per heavy atom. The largest absolute Gasteiger partial charge is 0.481 e. The second-order valence-corrected chi connectivity index (χ2v) is 4.48. The van der Waals surface area contributed by atoms with Gasteiger partial charge in [0.15, 0.2) is 0 Å². The van der Waals surface area contributed by atoms with Crippen molar-refractivity contribution in [2.24, 2.45) is 0 Å². The second kappa shape index (κ2) is 6.65. The van der Waals surface area contributed by atoms with Gasteiger partial charge in [-0.2, -0.15) is 4.68 Å². The zero-order valence-electron chi connectivity index (χ0n) is 11.2. The van der Waals surface area contributed by atoms with Crippen LogP contribution in [0.4, 0.5) is 5.95 Å². The first-order chi connectivity index (χ1) is 9.70. The summed E-state index contributed by atoms with van der Waals surface area (Å²) in [6, 6.07) is 9.26. The molecular formula is C13H17N5O2. The normalized spacial score (nSPS) is 12.1. The van der Waals surface area contributed by atoms with E-state index >= 15 is 0 Å². The zero-order valence-corrected chi connectivity index (χ0v) is 11.2. The molecule has 0 radical (unpaired) electrons. The third-order valence-electron chi connectivity index (χ3n) is 2.86. The maximum atomic E-state index is 10.9. The molecule has 7 nitrogen and oxygen atoms in total. The molecule has 0 aliphatic rings. The topological polar surface area (TPSA) is 92.9 Å². The third kappa shape index (κ3) is 3.53. The molecule has 2 aromatic rings. The van der Waals surface area contributed by atoms with Crippen LogP contribution in [-0.4, -0.2) is 37.3 Å². The average Bonchev–Trinajstić information content (AvgIpc) is 2.87. The number of carboxylic acid groups (broad SMARTS) is 1. The fourth-order valence-electron chi connectivity index (χ4n) is 1.99. The maximum absolute atomic E-state index is 10.9. The van der Waals surface area contributed by atoms with Gasteiger partial charge < -0.3 is 10.4 Å². The van der Waals surface area contributed by atoms with Crippen molar-refractivity contribution in [2.45, 2.75) is 32.2 Å². The Labute approximate surface area is 116 Å². The molecule has 1 atom stereocenters. The number of carbonyl (C=O) groups is 1. The first-order valence-corrected chi connectivity index (χ1v) is 6.53. The van der Waals surface area contributed by atoms with Crippen LogP contribution in [0.25, 0.3) is 5.69 Å². The Hall–Kier alpha value is -2.44. The van der Waals surface area contributed by atoms with E-state index in [2.05, 4.69) is 20.8 Å². The van der Waals surface area contributed by atoms with Gasteiger partial charge in [-0.15, -0.1) is 0 Å². The van der Waals surface area contributed by atoms with Crippen LogP contribution < -0.4 is 5.32 Å². The van der Waals surface area contributed by atoms with Crippen molar-refractivity contribution < 1.29 is 9.90 Å². The van der Waals surface area contributed by atoms with Gasteiger partial charge in [0.05, 0.1) is 12.1 Å². The van der Waals surface area contributed by atoms with Crippen LogP contribution in [0.1, 0.15) is 26.2 Å². The molecule has 1 aromatic heterocycles. The van der Waals surface area contributed by atoms with Gasteiger partial charge in [-0.3, -0.25) is 4.79 Å². The molecule has 1 aromatic carbocycles. The number of anilines is 1. The predicted octanol–water partition coefficient (Wildman–Crippen LogP) is 1.72. The molecule has 0 aliphatic carbocycles. The smallest absolute Gasteiger partial charge is 0.305 e. The van der Waals surface area contributed by atoms with Gasteiger partial charge in [0.25, 0.3) is 0 Å². The summed E-state index contributed by atoms with van der Waals surface area (Å²) in [5.74, 6) is -0.384. The van der Waals surface area contributed by atoms with E-state index in [0.717, 1.165) is 18.5 Å². The number of carboxylic acids is 1. The molecule has 20 heavy (non-hydrogen) atoms. The summed E-state index contributed by atoms with van der Waals surface area (Å²) in [5.41, 5.74) is 0.825. The highest BCUT2D eigenvalue weighted by Crippen LogP contribution is 2.14. The van der Waals surface area contributed by atoms with Crippen LogP contribution in [0.15, 0.2) is 30.3 Å².